The number of imide groups is 2. The Hall–Kier alpha value is -5.68. The molecular formula is C36H43N11O6. The fourth-order valence-corrected chi connectivity index (χ4v) is 6.86. The first-order valence-corrected chi connectivity index (χ1v) is 18.1. The lowest BCUT2D eigenvalue weighted by atomic mass is 10.0. The molecule has 5 N–H and O–H groups in total. The number of carbonyl (C=O) groups excluding carboxylic acids is 5. The summed E-state index contributed by atoms with van der Waals surface area (Å²) in [5.74, 6) is 0.280. The van der Waals surface area contributed by atoms with Gasteiger partial charge in [-0.3, -0.25) is 39.2 Å². The molecule has 7 rings (SSSR count). The number of hydrazone groups is 1. The molecule has 1 aromatic heterocycles. The van der Waals surface area contributed by atoms with Crippen LogP contribution in [0.5, 0.6) is 0 Å². The Bertz CT molecular complexity index is 1860. The van der Waals surface area contributed by atoms with Crippen LogP contribution in [0.25, 0.3) is 0 Å². The number of piperidine rings is 1. The third-order valence-corrected chi connectivity index (χ3v) is 9.57. The Morgan fingerprint density at radius 2 is 1.70 bits per heavy atom. The van der Waals surface area contributed by atoms with Crippen LogP contribution in [0.15, 0.2) is 58.6 Å². The minimum atomic E-state index is -1.01. The van der Waals surface area contributed by atoms with E-state index >= 15 is 0 Å². The molecule has 0 radical (unpaired) electrons. The summed E-state index contributed by atoms with van der Waals surface area (Å²) >= 11 is 0. The summed E-state index contributed by atoms with van der Waals surface area (Å²) in [6.45, 7) is 5.43. The number of ether oxygens (including phenoxy) is 1. The molecule has 5 amide bonds. The van der Waals surface area contributed by atoms with E-state index in [0.717, 1.165) is 41.2 Å². The number of aromatic nitrogens is 1. The summed E-state index contributed by atoms with van der Waals surface area (Å²) in [6, 6.07) is 9.65. The molecule has 5 aliphatic rings. The number of benzene rings is 1. The molecule has 17 nitrogen and oxygen atoms in total. The highest BCUT2D eigenvalue weighted by Gasteiger charge is 2.44. The van der Waals surface area contributed by atoms with Gasteiger partial charge in [-0.15, -0.1) is 0 Å². The first kappa shape index (κ1) is 35.7. The molecule has 53 heavy (non-hydrogen) atoms. The van der Waals surface area contributed by atoms with Crippen molar-refractivity contribution in [3.8, 4) is 0 Å². The normalized spacial score (nSPS) is 20.6. The number of amides is 5. The first-order valence-electron chi connectivity index (χ1n) is 18.1. The van der Waals surface area contributed by atoms with Gasteiger partial charge in [-0.2, -0.15) is 5.10 Å². The molecule has 2 fully saturated rings. The average Bonchev–Trinajstić information content (AvgIpc) is 3.90. The topological polar surface area (TPSA) is 202 Å². The molecule has 0 aliphatic carbocycles. The van der Waals surface area contributed by atoms with Gasteiger partial charge in [0.1, 0.15) is 29.6 Å². The summed E-state index contributed by atoms with van der Waals surface area (Å²) in [4.78, 5) is 74.6. The second kappa shape index (κ2) is 16.3. The fourth-order valence-electron chi connectivity index (χ4n) is 6.86. The number of anilines is 2. The van der Waals surface area contributed by atoms with Gasteiger partial charge < -0.3 is 30.9 Å². The van der Waals surface area contributed by atoms with Crippen LogP contribution in [0.2, 0.25) is 0 Å². The summed E-state index contributed by atoms with van der Waals surface area (Å²) in [5.41, 5.74) is 1.94. The summed E-state index contributed by atoms with van der Waals surface area (Å²) in [7, 11) is 0. The Labute approximate surface area is 306 Å². The van der Waals surface area contributed by atoms with Crippen molar-refractivity contribution in [3.63, 3.8) is 0 Å². The molecule has 278 valence electrons. The van der Waals surface area contributed by atoms with Gasteiger partial charge in [0.05, 0.1) is 43.1 Å². The van der Waals surface area contributed by atoms with E-state index in [1.54, 1.807) is 18.2 Å². The molecule has 2 atom stereocenters. The Morgan fingerprint density at radius 3 is 2.55 bits per heavy atom. The molecule has 0 bridgehead atoms. The minimum Gasteiger partial charge on any atom is -0.383 e. The number of likely N-dealkylation sites (tertiary alicyclic amines) is 1. The third-order valence-electron chi connectivity index (χ3n) is 9.57. The van der Waals surface area contributed by atoms with Crippen molar-refractivity contribution in [2.45, 2.75) is 37.8 Å². The third kappa shape index (κ3) is 8.20. The number of carbonyl (C=O) groups is 5. The predicted octanol–water partition coefficient (Wildman–Crippen LogP) is 0.464. The largest absolute Gasteiger partial charge is 0.383 e. The van der Waals surface area contributed by atoms with Gasteiger partial charge in [0.15, 0.2) is 0 Å². The van der Waals surface area contributed by atoms with Crippen molar-refractivity contribution in [1.29, 1.82) is 0 Å². The zero-order valence-corrected chi connectivity index (χ0v) is 29.3. The lowest BCUT2D eigenvalue weighted by Crippen LogP contribution is -2.54. The van der Waals surface area contributed by atoms with Crippen LogP contribution in [0, 0.1) is 0 Å². The maximum absolute atomic E-state index is 13.0. The number of hydrogen-bond donors (Lipinski definition) is 5. The molecule has 2 aromatic rings. The standard InChI is InChI=1S/C36H43N11O6/c48-32-11-8-27(34(50)43-32)46-35(51)24-7-6-23(20-25(24)36(46)52)38-14-18-53-19-15-40-33(49)22-37-12-13-39-29-5-3-4-26(42-29)28-21-41-30-9-10-31(44-47(28)30)45-16-1-2-17-45/h3-7,9-10,20,27-28,37-38H,1-2,8,11-19,21-22H2,(H,39,42)(H,40,49)(H,43,48,50). The van der Waals surface area contributed by atoms with Gasteiger partial charge in [0, 0.05) is 51.4 Å². The maximum atomic E-state index is 13.0. The molecule has 0 spiro atoms. The number of nitrogens with one attached hydrogen (secondary N) is 5. The average molecular weight is 726 g/mol. The van der Waals surface area contributed by atoms with E-state index in [1.807, 2.05) is 29.3 Å². The number of aliphatic imine (C=N–C) groups is 1. The predicted molar refractivity (Wildman–Crippen MR) is 195 cm³/mol. The van der Waals surface area contributed by atoms with Gasteiger partial charge in [-0.25, -0.2) is 9.99 Å². The van der Waals surface area contributed by atoms with Gasteiger partial charge in [0.2, 0.25) is 17.7 Å². The van der Waals surface area contributed by atoms with Crippen molar-refractivity contribution in [3.05, 3.63) is 65.4 Å². The quantitative estimate of drug-likeness (QED) is 0.126. The van der Waals surface area contributed by atoms with Crippen LogP contribution in [-0.2, 0) is 19.1 Å². The number of rotatable bonds is 15. The van der Waals surface area contributed by atoms with Crippen LogP contribution in [-0.4, -0.2) is 133 Å². The van der Waals surface area contributed by atoms with Gasteiger partial charge in [0.25, 0.3) is 11.8 Å². The fraction of sp³-hybridized carbons (Fsp3) is 0.444. The highest BCUT2D eigenvalue weighted by Crippen LogP contribution is 2.31. The summed E-state index contributed by atoms with van der Waals surface area (Å²) in [6.07, 6.45) is 6.64. The Morgan fingerprint density at radius 1 is 0.887 bits per heavy atom. The highest BCUT2D eigenvalue weighted by molar-refractivity contribution is 6.23. The SMILES string of the molecule is O=C(CNCCNc1cccc(C2CN=C3C=CC(N4CCCC4)=NN32)n1)NCCOCCNc1ccc2c(c1)C(=O)N(C1CCC(=O)NC1=O)C2=O. The molecule has 2 saturated heterocycles. The van der Waals surface area contributed by atoms with E-state index < -0.39 is 29.7 Å². The molecule has 5 aliphatic heterocycles. The number of amidine groups is 2. The molecule has 2 unspecified atom stereocenters. The monoisotopic (exact) mass is 725 g/mol. The highest BCUT2D eigenvalue weighted by atomic mass is 16.5. The van der Waals surface area contributed by atoms with Gasteiger partial charge in [-0.1, -0.05) is 6.07 Å². The smallest absolute Gasteiger partial charge is 0.262 e. The first-order chi connectivity index (χ1) is 25.9. The second-order valence-electron chi connectivity index (χ2n) is 13.2. The van der Waals surface area contributed by atoms with Gasteiger partial charge >= 0.3 is 0 Å². The van der Waals surface area contributed by atoms with Crippen molar-refractivity contribution in [2.75, 3.05) is 76.2 Å². The zero-order chi connectivity index (χ0) is 36.7. The molecular weight excluding hydrogens is 682 g/mol. The summed E-state index contributed by atoms with van der Waals surface area (Å²) < 4.78 is 5.61. The molecule has 1 aromatic carbocycles. The van der Waals surface area contributed by atoms with E-state index in [2.05, 4.69) is 42.6 Å². The van der Waals surface area contributed by atoms with Crippen LogP contribution in [0.1, 0.15) is 58.1 Å². The second-order valence-corrected chi connectivity index (χ2v) is 13.2. The number of nitrogens with zero attached hydrogens (tertiary/aromatic N) is 6. The van der Waals surface area contributed by atoms with Crippen molar-refractivity contribution in [1.82, 2.24) is 35.7 Å². The van der Waals surface area contributed by atoms with Crippen molar-refractivity contribution in [2.24, 2.45) is 10.1 Å². The minimum absolute atomic E-state index is 0.0530. The van der Waals surface area contributed by atoms with E-state index in [4.69, 9.17) is 14.8 Å². The van der Waals surface area contributed by atoms with Crippen LogP contribution in [0.4, 0.5) is 11.5 Å². The number of pyridine rings is 1. The maximum Gasteiger partial charge on any atom is 0.262 e. The number of hydrogen-bond acceptors (Lipinski definition) is 14. The van der Waals surface area contributed by atoms with Crippen molar-refractivity contribution < 1.29 is 28.7 Å². The van der Waals surface area contributed by atoms with Crippen LogP contribution < -0.4 is 26.6 Å². The summed E-state index contributed by atoms with van der Waals surface area (Å²) in [5, 5.41) is 21.5. The molecule has 17 heteroatoms. The van der Waals surface area contributed by atoms with E-state index in [-0.39, 0.29) is 42.5 Å². The molecule has 6 heterocycles. The Balaban J connectivity index is 0.749. The van der Waals surface area contributed by atoms with Gasteiger partial charge in [-0.05, 0) is 61.7 Å². The van der Waals surface area contributed by atoms with Crippen LogP contribution in [0.3, 0.4) is 0 Å². The lowest BCUT2D eigenvalue weighted by molar-refractivity contribution is -0.136. The Kier molecular flexibility index (Phi) is 11.0. The lowest BCUT2D eigenvalue weighted by Gasteiger charge is -2.28. The zero-order valence-electron chi connectivity index (χ0n) is 29.3. The van der Waals surface area contributed by atoms with E-state index in [0.29, 0.717) is 51.6 Å². The number of fused-ring (bicyclic) bond motifs is 2. The van der Waals surface area contributed by atoms with Crippen LogP contribution >= 0.6 is 0 Å². The van der Waals surface area contributed by atoms with Crippen molar-refractivity contribution >= 4 is 52.7 Å². The van der Waals surface area contributed by atoms with E-state index in [9.17, 15) is 24.0 Å². The molecule has 0 saturated carbocycles. The van der Waals surface area contributed by atoms with E-state index in [1.165, 1.54) is 12.8 Å².